The van der Waals surface area contributed by atoms with Gasteiger partial charge < -0.3 is 0 Å². The first-order valence-electron chi connectivity index (χ1n) is 4.51. The number of hydrogen-bond donors (Lipinski definition) is 1. The van der Waals surface area contributed by atoms with E-state index in [1.165, 1.54) is 0 Å². The highest BCUT2D eigenvalue weighted by Crippen LogP contribution is 2.01. The second-order valence-electron chi connectivity index (χ2n) is 3.44. The van der Waals surface area contributed by atoms with Gasteiger partial charge in [-0.25, -0.2) is 13.1 Å². The molecule has 13 heavy (non-hydrogen) atoms. The molecule has 0 saturated heterocycles. The molecule has 0 aliphatic carbocycles. The Morgan fingerprint density at radius 1 is 1.38 bits per heavy atom. The quantitative estimate of drug-likeness (QED) is 0.442. The van der Waals surface area contributed by atoms with Crippen LogP contribution in [0.3, 0.4) is 0 Å². The number of rotatable bonds is 7. The zero-order valence-corrected chi connectivity index (χ0v) is 11.2. The fraction of sp³-hybridized carbons (Fsp3) is 1.00. The van der Waals surface area contributed by atoms with Gasteiger partial charge in [-0.15, -0.1) is 0 Å². The molecule has 0 fully saturated rings. The molecule has 3 nitrogen and oxygen atoms in total. The van der Waals surface area contributed by atoms with Gasteiger partial charge in [-0.1, -0.05) is 36.4 Å². The van der Waals surface area contributed by atoms with Crippen LogP contribution in [-0.2, 0) is 10.0 Å². The Balaban J connectivity index is 3.68. The fourth-order valence-corrected chi connectivity index (χ4v) is 2.52. The summed E-state index contributed by atoms with van der Waals surface area (Å²) >= 11 is 2.24. The van der Waals surface area contributed by atoms with Crippen molar-refractivity contribution < 1.29 is 8.42 Å². The van der Waals surface area contributed by atoms with E-state index < -0.39 is 10.0 Å². The summed E-state index contributed by atoms with van der Waals surface area (Å²) in [5.74, 6) is 0.701. The average molecular weight is 319 g/mol. The van der Waals surface area contributed by atoms with Crippen molar-refractivity contribution in [3.05, 3.63) is 0 Å². The summed E-state index contributed by atoms with van der Waals surface area (Å²) in [6.07, 6.45) is 1.64. The molecule has 0 bridgehead atoms. The summed E-state index contributed by atoms with van der Waals surface area (Å²) < 4.78 is 26.2. The fourth-order valence-electron chi connectivity index (χ4n) is 0.758. The number of hydrogen-bond acceptors (Lipinski definition) is 2. The molecule has 1 N–H and O–H groups in total. The minimum absolute atomic E-state index is 0.256. The molecule has 0 aliphatic heterocycles. The van der Waals surface area contributed by atoms with Crippen LogP contribution in [0.25, 0.3) is 0 Å². The lowest BCUT2D eigenvalue weighted by Crippen LogP contribution is -2.28. The molecule has 0 aromatic heterocycles. The molecule has 0 heterocycles. The molecular formula is C8H18INO2S. The van der Waals surface area contributed by atoms with Crippen molar-refractivity contribution in [2.45, 2.75) is 26.7 Å². The van der Waals surface area contributed by atoms with Gasteiger partial charge in [0.05, 0.1) is 5.75 Å². The Morgan fingerprint density at radius 3 is 2.46 bits per heavy atom. The number of sulfonamides is 1. The van der Waals surface area contributed by atoms with Crippen molar-refractivity contribution in [1.82, 2.24) is 4.72 Å². The van der Waals surface area contributed by atoms with Gasteiger partial charge in [0.15, 0.2) is 0 Å². The Hall–Kier alpha value is 0.640. The molecule has 0 radical (unpaired) electrons. The van der Waals surface area contributed by atoms with Crippen LogP contribution in [0.4, 0.5) is 0 Å². The van der Waals surface area contributed by atoms with Gasteiger partial charge in [-0.3, -0.25) is 0 Å². The Morgan fingerprint density at radius 2 is 2.00 bits per heavy atom. The molecule has 0 aromatic rings. The molecule has 80 valence electrons. The van der Waals surface area contributed by atoms with Crippen molar-refractivity contribution in [2.75, 3.05) is 16.7 Å². The summed E-state index contributed by atoms with van der Waals surface area (Å²) in [7, 11) is -3.00. The highest BCUT2D eigenvalue weighted by molar-refractivity contribution is 14.1. The molecule has 0 unspecified atom stereocenters. The van der Waals surface area contributed by atoms with Crippen LogP contribution >= 0.6 is 22.6 Å². The van der Waals surface area contributed by atoms with Gasteiger partial charge in [0.2, 0.25) is 10.0 Å². The van der Waals surface area contributed by atoms with Crippen LogP contribution in [0.2, 0.25) is 0 Å². The van der Waals surface area contributed by atoms with Gasteiger partial charge in [-0.2, -0.15) is 0 Å². The van der Waals surface area contributed by atoms with Gasteiger partial charge in [0.25, 0.3) is 0 Å². The van der Waals surface area contributed by atoms with Crippen molar-refractivity contribution >= 4 is 32.6 Å². The zero-order valence-electron chi connectivity index (χ0n) is 8.22. The molecule has 0 aliphatic rings. The predicted molar refractivity (Wildman–Crippen MR) is 64.7 cm³/mol. The first-order chi connectivity index (χ1) is 5.98. The molecule has 5 heteroatoms. The second-order valence-corrected chi connectivity index (χ2v) is 6.44. The van der Waals surface area contributed by atoms with Gasteiger partial charge in [0.1, 0.15) is 0 Å². The van der Waals surface area contributed by atoms with E-state index in [4.69, 9.17) is 0 Å². The Kier molecular flexibility index (Phi) is 7.35. The standard InChI is InChI=1S/C8H18INO2S/c1-8(2)4-7-13(11,12)10-6-3-5-9/h8,10H,3-7H2,1-2H3. The van der Waals surface area contributed by atoms with Gasteiger partial charge >= 0.3 is 0 Å². The highest BCUT2D eigenvalue weighted by Gasteiger charge is 2.09. The van der Waals surface area contributed by atoms with Crippen LogP contribution < -0.4 is 4.72 Å². The van der Waals surface area contributed by atoms with Gasteiger partial charge in [-0.05, 0) is 18.8 Å². The van der Waals surface area contributed by atoms with Crippen molar-refractivity contribution in [2.24, 2.45) is 5.92 Å². The third-order valence-electron chi connectivity index (χ3n) is 1.60. The minimum atomic E-state index is -3.00. The van der Waals surface area contributed by atoms with E-state index >= 15 is 0 Å². The molecule has 0 spiro atoms. The van der Waals surface area contributed by atoms with Crippen LogP contribution in [0.1, 0.15) is 26.7 Å². The maximum Gasteiger partial charge on any atom is 0.211 e. The summed E-state index contributed by atoms with van der Waals surface area (Å²) in [5.41, 5.74) is 0. The average Bonchev–Trinajstić information content (AvgIpc) is 2.02. The second kappa shape index (κ2) is 7.00. The van der Waals surface area contributed by atoms with E-state index in [-0.39, 0.29) is 5.75 Å². The monoisotopic (exact) mass is 319 g/mol. The molecular weight excluding hydrogens is 301 g/mol. The third-order valence-corrected chi connectivity index (χ3v) is 3.78. The lowest BCUT2D eigenvalue weighted by molar-refractivity contribution is 0.561. The predicted octanol–water partition coefficient (Wildman–Crippen LogP) is 1.78. The Labute approximate surface area is 94.9 Å². The SMILES string of the molecule is CC(C)CCS(=O)(=O)NCCCI. The summed E-state index contributed by atoms with van der Waals surface area (Å²) in [5, 5.41) is 0. The number of halogens is 1. The first-order valence-corrected chi connectivity index (χ1v) is 7.69. The largest absolute Gasteiger partial charge is 0.215 e. The lowest BCUT2D eigenvalue weighted by Gasteiger charge is -2.07. The maximum absolute atomic E-state index is 11.3. The topological polar surface area (TPSA) is 46.2 Å². The normalized spacial score (nSPS) is 12.3. The molecule has 0 aromatic carbocycles. The van der Waals surface area contributed by atoms with E-state index in [0.29, 0.717) is 12.5 Å². The minimum Gasteiger partial charge on any atom is -0.215 e. The van der Waals surface area contributed by atoms with E-state index in [1.807, 2.05) is 13.8 Å². The first kappa shape index (κ1) is 13.6. The van der Waals surface area contributed by atoms with E-state index in [1.54, 1.807) is 0 Å². The van der Waals surface area contributed by atoms with Crippen LogP contribution in [0, 0.1) is 5.92 Å². The molecule has 0 saturated carbocycles. The van der Waals surface area contributed by atoms with Crippen LogP contribution in [0.5, 0.6) is 0 Å². The van der Waals surface area contributed by atoms with Crippen molar-refractivity contribution in [1.29, 1.82) is 0 Å². The van der Waals surface area contributed by atoms with Crippen molar-refractivity contribution in [3.8, 4) is 0 Å². The summed E-state index contributed by atoms with van der Waals surface area (Å²) in [6.45, 7) is 4.63. The number of alkyl halides is 1. The lowest BCUT2D eigenvalue weighted by atomic mass is 10.2. The highest BCUT2D eigenvalue weighted by atomic mass is 127. The van der Waals surface area contributed by atoms with Crippen molar-refractivity contribution in [3.63, 3.8) is 0 Å². The third kappa shape index (κ3) is 8.96. The maximum atomic E-state index is 11.3. The smallest absolute Gasteiger partial charge is 0.211 e. The van der Waals surface area contributed by atoms with E-state index in [0.717, 1.165) is 17.3 Å². The molecule has 0 atom stereocenters. The molecule has 0 amide bonds. The van der Waals surface area contributed by atoms with Crippen LogP contribution in [0.15, 0.2) is 0 Å². The van der Waals surface area contributed by atoms with Gasteiger partial charge in [0, 0.05) is 11.0 Å². The Bertz CT molecular complexity index is 214. The van der Waals surface area contributed by atoms with E-state index in [9.17, 15) is 8.42 Å². The zero-order chi connectivity index (χ0) is 10.3. The summed E-state index contributed by atoms with van der Waals surface area (Å²) in [4.78, 5) is 0. The van der Waals surface area contributed by atoms with Crippen LogP contribution in [-0.4, -0.2) is 25.1 Å². The molecule has 0 rings (SSSR count). The summed E-state index contributed by atoms with van der Waals surface area (Å²) in [6, 6.07) is 0. The number of nitrogens with one attached hydrogen (secondary N) is 1. The van der Waals surface area contributed by atoms with E-state index in [2.05, 4.69) is 27.3 Å².